The fraction of sp³-hybridized carbons (Fsp3) is 0.882. The number of aliphatic hydroxyl groups is 2. The van der Waals surface area contributed by atoms with Gasteiger partial charge in [-0.05, 0) is 60.7 Å². The summed E-state index contributed by atoms with van der Waals surface area (Å²) >= 11 is 0. The van der Waals surface area contributed by atoms with Crippen molar-refractivity contribution in [2.75, 3.05) is 6.61 Å². The van der Waals surface area contributed by atoms with E-state index in [0.29, 0.717) is 18.3 Å². The maximum absolute atomic E-state index is 14.7. The van der Waals surface area contributed by atoms with E-state index in [9.17, 15) is 32.2 Å². The minimum atomic E-state index is -5.68. The predicted octanol–water partition coefficient (Wildman–Crippen LogP) is 2.73. The maximum atomic E-state index is 14.7. The lowest BCUT2D eigenvalue weighted by Crippen LogP contribution is -2.66. The Balaban J connectivity index is 1.50. The summed E-state index contributed by atoms with van der Waals surface area (Å²) in [6.45, 7) is -1.20. The number of hydrogen-bond acceptors (Lipinski definition) is 3. The topological polar surface area (TPSA) is 49.7 Å². The zero-order valence-electron chi connectivity index (χ0n) is 13.2. The number of hydrogen-bond donors (Lipinski definition) is 2. The summed E-state index contributed by atoms with van der Waals surface area (Å²) in [5.74, 6) is -9.26. The molecular formula is C17H19F5O3. The number of ether oxygens (including phenoxy) is 1. The van der Waals surface area contributed by atoms with Crippen molar-refractivity contribution in [1.82, 2.24) is 0 Å². The van der Waals surface area contributed by atoms with Crippen LogP contribution in [0.4, 0.5) is 22.0 Å². The maximum Gasteiger partial charge on any atom is 0.449 e. The quantitative estimate of drug-likeness (QED) is 0.426. The molecule has 9 unspecified atom stereocenters. The number of allylic oxidation sites excluding steroid dienone is 2. The number of halogens is 5. The normalized spacial score (nSPS) is 58.3. The van der Waals surface area contributed by atoms with Gasteiger partial charge in [0.1, 0.15) is 0 Å². The van der Waals surface area contributed by atoms with Gasteiger partial charge in [-0.25, -0.2) is 0 Å². The van der Waals surface area contributed by atoms with Crippen molar-refractivity contribution in [1.29, 1.82) is 0 Å². The zero-order valence-corrected chi connectivity index (χ0v) is 13.2. The molecule has 0 amide bonds. The molecule has 140 valence electrons. The third-order valence-corrected chi connectivity index (χ3v) is 7.74. The highest BCUT2D eigenvalue weighted by Gasteiger charge is 2.85. The van der Waals surface area contributed by atoms with Crippen molar-refractivity contribution in [2.24, 2.45) is 41.4 Å². The van der Waals surface area contributed by atoms with Crippen LogP contribution in [0, 0.1) is 41.4 Å². The van der Waals surface area contributed by atoms with Gasteiger partial charge in [-0.3, -0.25) is 0 Å². The zero-order chi connectivity index (χ0) is 18.0. The van der Waals surface area contributed by atoms with E-state index >= 15 is 0 Å². The van der Waals surface area contributed by atoms with Crippen molar-refractivity contribution in [2.45, 2.75) is 42.7 Å². The van der Waals surface area contributed by atoms with E-state index in [1.807, 2.05) is 0 Å². The van der Waals surface area contributed by atoms with Crippen LogP contribution in [0.25, 0.3) is 0 Å². The molecule has 1 heterocycles. The molecule has 25 heavy (non-hydrogen) atoms. The average molecular weight is 366 g/mol. The minimum absolute atomic E-state index is 0.151. The van der Waals surface area contributed by atoms with Crippen LogP contribution in [-0.4, -0.2) is 40.3 Å². The summed E-state index contributed by atoms with van der Waals surface area (Å²) in [6.07, 6.45) is 0.488. The Hall–Kier alpha value is -0.730. The largest absolute Gasteiger partial charge is 0.449 e. The van der Waals surface area contributed by atoms with Crippen molar-refractivity contribution < 1.29 is 36.9 Å². The van der Waals surface area contributed by atoms with Crippen LogP contribution in [0.15, 0.2) is 12.2 Å². The second kappa shape index (κ2) is 4.39. The molecule has 4 fully saturated rings. The molecule has 0 aromatic heterocycles. The van der Waals surface area contributed by atoms with Crippen LogP contribution < -0.4 is 0 Å². The Kier molecular flexibility index (Phi) is 2.89. The van der Waals surface area contributed by atoms with Gasteiger partial charge in [0.15, 0.2) is 5.60 Å². The van der Waals surface area contributed by atoms with Crippen LogP contribution in [0.1, 0.15) is 19.3 Å². The molecule has 0 spiro atoms. The molecule has 3 nitrogen and oxygen atoms in total. The molecule has 5 aliphatic rings. The van der Waals surface area contributed by atoms with Crippen LogP contribution in [0.5, 0.6) is 0 Å². The molecule has 0 aromatic carbocycles. The second-order valence-corrected chi connectivity index (χ2v) is 8.53. The highest BCUT2D eigenvalue weighted by Crippen LogP contribution is 2.70. The summed E-state index contributed by atoms with van der Waals surface area (Å²) in [5, 5.41) is 20.2. The summed E-state index contributed by atoms with van der Waals surface area (Å²) in [7, 11) is 0. The molecule has 0 radical (unpaired) electrons. The molecule has 2 N–H and O–H groups in total. The summed E-state index contributed by atoms with van der Waals surface area (Å²) < 4.78 is 72.6. The Bertz CT molecular complexity index is 649. The fourth-order valence-corrected chi connectivity index (χ4v) is 6.85. The molecule has 1 saturated heterocycles. The van der Waals surface area contributed by atoms with Gasteiger partial charge in [0, 0.05) is 0 Å². The third kappa shape index (κ3) is 1.63. The van der Waals surface area contributed by atoms with Crippen LogP contribution in [0.2, 0.25) is 0 Å². The second-order valence-electron chi connectivity index (χ2n) is 8.53. The predicted molar refractivity (Wildman–Crippen MR) is 74.3 cm³/mol. The molecule has 9 atom stereocenters. The fourth-order valence-electron chi connectivity index (χ4n) is 6.85. The first-order chi connectivity index (χ1) is 11.5. The molecule has 3 saturated carbocycles. The number of alkyl halides is 5. The van der Waals surface area contributed by atoms with E-state index in [4.69, 9.17) is 0 Å². The first-order valence-corrected chi connectivity index (χ1v) is 8.73. The van der Waals surface area contributed by atoms with Crippen LogP contribution in [-0.2, 0) is 4.74 Å². The summed E-state index contributed by atoms with van der Waals surface area (Å²) in [5.41, 5.74) is -2.99. The van der Waals surface area contributed by atoms with Crippen molar-refractivity contribution in [3.63, 3.8) is 0 Å². The smallest absolute Gasteiger partial charge is 0.381 e. The molecule has 5 rings (SSSR count). The van der Waals surface area contributed by atoms with E-state index in [-0.39, 0.29) is 30.1 Å². The Labute approximate surface area is 140 Å². The highest BCUT2D eigenvalue weighted by atomic mass is 19.4. The van der Waals surface area contributed by atoms with Crippen molar-refractivity contribution in [3.8, 4) is 0 Å². The van der Waals surface area contributed by atoms with E-state index in [2.05, 4.69) is 16.9 Å². The molecule has 8 heteroatoms. The van der Waals surface area contributed by atoms with E-state index in [1.165, 1.54) is 0 Å². The van der Waals surface area contributed by atoms with Gasteiger partial charge >= 0.3 is 17.9 Å². The molecule has 4 bridgehead atoms. The monoisotopic (exact) mass is 366 g/mol. The Morgan fingerprint density at radius 1 is 0.960 bits per heavy atom. The summed E-state index contributed by atoms with van der Waals surface area (Å²) in [4.78, 5) is 0. The number of rotatable bonds is 1. The van der Waals surface area contributed by atoms with Gasteiger partial charge in [-0.1, -0.05) is 12.2 Å². The van der Waals surface area contributed by atoms with Gasteiger partial charge < -0.3 is 14.9 Å². The van der Waals surface area contributed by atoms with Gasteiger partial charge in [-0.15, -0.1) is 0 Å². The van der Waals surface area contributed by atoms with Gasteiger partial charge in [-0.2, -0.15) is 22.0 Å². The van der Waals surface area contributed by atoms with E-state index < -0.39 is 36.0 Å². The molecule has 0 aromatic rings. The van der Waals surface area contributed by atoms with E-state index in [1.54, 1.807) is 0 Å². The lowest BCUT2D eigenvalue weighted by Gasteiger charge is -2.45. The van der Waals surface area contributed by atoms with Crippen molar-refractivity contribution in [3.05, 3.63) is 12.2 Å². The third-order valence-electron chi connectivity index (χ3n) is 7.74. The standard InChI is InChI=1S/C17H19F5O3/c18-15(19)14(23,6-25-16(15,24)17(20,21)22)11-5-9-4-10(11)13-8-2-1-7(3-8)12(9)13/h1-2,7-13,23-24H,3-6H2. The Morgan fingerprint density at radius 3 is 2.20 bits per heavy atom. The minimum Gasteiger partial charge on any atom is -0.381 e. The van der Waals surface area contributed by atoms with Gasteiger partial charge in [0.05, 0.1) is 6.61 Å². The lowest BCUT2D eigenvalue weighted by atomic mass is 9.63. The van der Waals surface area contributed by atoms with Gasteiger partial charge in [0.25, 0.3) is 0 Å². The number of fused-ring (bicyclic) bond motifs is 9. The SMILES string of the molecule is OC1(C2CC3CC2C2C4C=CC(C4)C32)COC(O)(C(F)(F)F)C1(F)F. The molecule has 4 aliphatic carbocycles. The Morgan fingerprint density at radius 2 is 1.60 bits per heavy atom. The van der Waals surface area contributed by atoms with Crippen LogP contribution >= 0.6 is 0 Å². The average Bonchev–Trinajstić information content (AvgIpc) is 3.28. The van der Waals surface area contributed by atoms with Gasteiger partial charge in [0.2, 0.25) is 0 Å². The van der Waals surface area contributed by atoms with Crippen LogP contribution in [0.3, 0.4) is 0 Å². The first-order valence-electron chi connectivity index (χ1n) is 8.73. The molecule has 1 aliphatic heterocycles. The summed E-state index contributed by atoms with van der Waals surface area (Å²) in [6, 6.07) is 0. The molecular weight excluding hydrogens is 347 g/mol. The van der Waals surface area contributed by atoms with E-state index in [0.717, 1.165) is 6.42 Å². The van der Waals surface area contributed by atoms with Crippen molar-refractivity contribution >= 4 is 0 Å². The highest BCUT2D eigenvalue weighted by molar-refractivity contribution is 5.24. The lowest BCUT2D eigenvalue weighted by molar-refractivity contribution is -0.412. The first kappa shape index (κ1) is 16.4.